The van der Waals surface area contributed by atoms with Crippen LogP contribution in [0.4, 0.5) is 4.79 Å². The molecule has 4 aromatic rings. The van der Waals surface area contributed by atoms with Gasteiger partial charge >= 0.3 is 6.09 Å². The molecule has 3 N–H and O–H groups in total. The zero-order valence-corrected chi connectivity index (χ0v) is 38.9. The second-order valence-corrected chi connectivity index (χ2v) is 19.6. The fourth-order valence-electron chi connectivity index (χ4n) is 8.29. The van der Waals surface area contributed by atoms with Crippen LogP contribution in [0, 0.1) is 5.92 Å². The van der Waals surface area contributed by atoms with Crippen molar-refractivity contribution in [3.63, 3.8) is 0 Å². The van der Waals surface area contributed by atoms with Gasteiger partial charge in [-0.3, -0.25) is 19.2 Å². The molecule has 338 valence electrons. The van der Waals surface area contributed by atoms with Crippen LogP contribution in [0.3, 0.4) is 0 Å². The normalized spacial score (nSPS) is 21.6. The van der Waals surface area contributed by atoms with Crippen LogP contribution in [-0.2, 0) is 33.9 Å². The third-order valence-corrected chi connectivity index (χ3v) is 13.7. The van der Waals surface area contributed by atoms with Gasteiger partial charge in [0.25, 0.3) is 15.9 Å². The van der Waals surface area contributed by atoms with Crippen molar-refractivity contribution in [1.29, 1.82) is 0 Å². The van der Waals surface area contributed by atoms with Gasteiger partial charge in [0.1, 0.15) is 40.3 Å². The Morgan fingerprint density at radius 1 is 0.953 bits per heavy atom. The molecule has 0 unspecified atom stereocenters. The molecule has 18 heteroatoms. The Bertz CT molecular complexity index is 2570. The molecule has 4 atom stereocenters. The SMILES string of the molecule is C=C[C@@H]1C[C@]1(NC(=O)[C@@H]1C[C@@H](Oc2cc(-c3ccccc3)nc3cc(OC)ccc23)CN1C(=O)C1(NC(=O)OC(C)(C)C)CCN(C(=O)CI)CC1)C(=O)NS(=O)(=O)c1ccccc1. The number of ether oxygens (including phenoxy) is 3. The van der Waals surface area contributed by atoms with Crippen molar-refractivity contribution in [2.24, 2.45) is 5.92 Å². The first-order chi connectivity index (χ1) is 30.4. The molecule has 2 aliphatic heterocycles. The number of amides is 5. The van der Waals surface area contributed by atoms with Crippen LogP contribution < -0.4 is 24.8 Å². The highest BCUT2D eigenvalue weighted by molar-refractivity contribution is 14.1. The van der Waals surface area contributed by atoms with Crippen molar-refractivity contribution in [1.82, 2.24) is 30.1 Å². The average Bonchev–Trinajstić information content (AvgIpc) is 3.84. The van der Waals surface area contributed by atoms with E-state index in [1.807, 2.05) is 59.0 Å². The molecule has 1 aliphatic carbocycles. The van der Waals surface area contributed by atoms with E-state index in [0.29, 0.717) is 28.1 Å². The predicted molar refractivity (Wildman–Crippen MR) is 246 cm³/mol. The fourth-order valence-corrected chi connectivity index (χ4v) is 9.83. The summed E-state index contributed by atoms with van der Waals surface area (Å²) in [5, 5.41) is 6.29. The van der Waals surface area contributed by atoms with E-state index in [-0.39, 0.29) is 60.5 Å². The summed E-state index contributed by atoms with van der Waals surface area (Å²) >= 11 is 1.98. The minimum absolute atomic E-state index is 0.0172. The van der Waals surface area contributed by atoms with E-state index in [1.165, 1.54) is 35.2 Å². The maximum Gasteiger partial charge on any atom is 0.408 e. The van der Waals surface area contributed by atoms with Gasteiger partial charge in [0.2, 0.25) is 17.7 Å². The Labute approximate surface area is 385 Å². The number of hydrogen-bond acceptors (Lipinski definition) is 11. The van der Waals surface area contributed by atoms with Gasteiger partial charge in [-0.05, 0) is 64.3 Å². The van der Waals surface area contributed by atoms with Gasteiger partial charge < -0.3 is 34.6 Å². The molecule has 2 saturated heterocycles. The number of methoxy groups -OCH3 is 1. The summed E-state index contributed by atoms with van der Waals surface area (Å²) in [6.45, 7) is 9.05. The van der Waals surface area contributed by atoms with Gasteiger partial charge in [0, 0.05) is 48.5 Å². The van der Waals surface area contributed by atoms with Gasteiger partial charge in [0.15, 0.2) is 0 Å². The zero-order valence-electron chi connectivity index (χ0n) is 36.0. The molecular weight excluding hydrogens is 956 g/mol. The Hall–Kier alpha value is -5.76. The number of aromatic nitrogens is 1. The number of carbonyl (C=O) groups is 5. The third kappa shape index (κ3) is 9.81. The molecule has 3 aromatic carbocycles. The largest absolute Gasteiger partial charge is 0.497 e. The van der Waals surface area contributed by atoms with Gasteiger partial charge in [-0.15, -0.1) is 6.58 Å². The highest BCUT2D eigenvalue weighted by Gasteiger charge is 2.62. The number of nitrogens with zero attached hydrogens (tertiary/aromatic N) is 3. The number of fused-ring (bicyclic) bond motifs is 1. The number of hydrogen-bond donors (Lipinski definition) is 3. The van der Waals surface area contributed by atoms with E-state index in [1.54, 1.807) is 57.0 Å². The standard InChI is InChI=1S/C46H51IN6O10S/c1-6-30-26-46(30,41(56)51-64(59,60)33-15-11-8-12-16-33)49-40(55)37-24-32(62-38-25-35(29-13-9-7-10-14-29)48-36-23-31(61-5)17-18-34(36)38)28-53(37)42(57)45(50-43(58)63-44(2,3)4)19-21-52(22-20-45)39(54)27-47/h6-18,23,25,30,32,37H,1,19-22,24,26-28H2,2-5H3,(H,49,55)(H,50,58)(H,51,56)/t30-,32-,37+,46-/m1/s1. The fraction of sp³-hybridized carbons (Fsp3) is 0.391. The van der Waals surface area contributed by atoms with Crippen LogP contribution >= 0.6 is 22.6 Å². The number of likely N-dealkylation sites (tertiary alicyclic amines) is 2. The molecular formula is C46H51IN6O10S. The zero-order chi connectivity index (χ0) is 46.0. The molecule has 3 heterocycles. The Kier molecular flexibility index (Phi) is 13.3. The topological polar surface area (TPSA) is 203 Å². The molecule has 3 aliphatic rings. The van der Waals surface area contributed by atoms with Crippen molar-refractivity contribution >= 4 is 73.2 Å². The molecule has 0 spiro atoms. The molecule has 5 amide bonds. The summed E-state index contributed by atoms with van der Waals surface area (Å²) in [5.74, 6) is -2.06. The first kappa shape index (κ1) is 46.2. The Morgan fingerprint density at radius 2 is 1.62 bits per heavy atom. The predicted octanol–water partition coefficient (Wildman–Crippen LogP) is 5.15. The lowest BCUT2D eigenvalue weighted by Crippen LogP contribution is -2.66. The second kappa shape index (κ2) is 18.4. The molecule has 0 bridgehead atoms. The van der Waals surface area contributed by atoms with Crippen molar-refractivity contribution < 1.29 is 46.6 Å². The van der Waals surface area contributed by atoms with Crippen LogP contribution in [0.15, 0.2) is 102 Å². The van der Waals surface area contributed by atoms with E-state index in [2.05, 4.69) is 21.9 Å². The number of rotatable bonds is 13. The number of benzene rings is 3. The van der Waals surface area contributed by atoms with E-state index < -0.39 is 68.6 Å². The van der Waals surface area contributed by atoms with Crippen LogP contribution in [-0.4, -0.2) is 113 Å². The maximum absolute atomic E-state index is 15.3. The number of pyridine rings is 1. The average molecular weight is 1010 g/mol. The van der Waals surface area contributed by atoms with Crippen LogP contribution in [0.25, 0.3) is 22.2 Å². The molecule has 16 nitrogen and oxygen atoms in total. The first-order valence-corrected chi connectivity index (χ1v) is 23.9. The second-order valence-electron chi connectivity index (χ2n) is 17.2. The van der Waals surface area contributed by atoms with Gasteiger partial charge in [0.05, 0.1) is 34.2 Å². The summed E-state index contributed by atoms with van der Waals surface area (Å²) < 4.78 is 46.9. The van der Waals surface area contributed by atoms with Crippen LogP contribution in [0.1, 0.15) is 46.5 Å². The van der Waals surface area contributed by atoms with Crippen molar-refractivity contribution in [2.75, 3.05) is 31.2 Å². The van der Waals surface area contributed by atoms with E-state index in [4.69, 9.17) is 19.2 Å². The van der Waals surface area contributed by atoms with Crippen molar-refractivity contribution in [3.05, 3.63) is 97.6 Å². The summed E-state index contributed by atoms with van der Waals surface area (Å²) in [4.78, 5) is 78.1. The number of piperidine rings is 1. The highest BCUT2D eigenvalue weighted by atomic mass is 127. The van der Waals surface area contributed by atoms with Crippen molar-refractivity contribution in [2.45, 2.75) is 80.2 Å². The van der Waals surface area contributed by atoms with Gasteiger partial charge in [-0.25, -0.2) is 22.9 Å². The minimum Gasteiger partial charge on any atom is -0.497 e. The van der Waals surface area contributed by atoms with E-state index in [9.17, 15) is 27.6 Å². The number of nitrogens with one attached hydrogen (secondary N) is 3. The van der Waals surface area contributed by atoms with Crippen LogP contribution in [0.2, 0.25) is 0 Å². The number of carbonyl (C=O) groups excluding carboxylic acids is 5. The van der Waals surface area contributed by atoms with Crippen molar-refractivity contribution in [3.8, 4) is 22.8 Å². The molecule has 0 radical (unpaired) electrons. The monoisotopic (exact) mass is 1010 g/mol. The summed E-state index contributed by atoms with van der Waals surface area (Å²) in [7, 11) is -2.77. The van der Waals surface area contributed by atoms with E-state index >= 15 is 4.79 Å². The van der Waals surface area contributed by atoms with E-state index in [0.717, 1.165) is 5.56 Å². The van der Waals surface area contributed by atoms with Crippen LogP contribution in [0.5, 0.6) is 11.5 Å². The third-order valence-electron chi connectivity index (χ3n) is 11.7. The number of alkyl carbamates (subject to hydrolysis) is 1. The number of sulfonamides is 1. The van der Waals surface area contributed by atoms with Gasteiger partial charge in [-0.2, -0.15) is 0 Å². The summed E-state index contributed by atoms with van der Waals surface area (Å²) in [6.07, 6.45) is -0.161. The molecule has 1 saturated carbocycles. The minimum atomic E-state index is -4.33. The highest BCUT2D eigenvalue weighted by Crippen LogP contribution is 2.45. The molecule has 3 fully saturated rings. The first-order valence-electron chi connectivity index (χ1n) is 20.8. The van der Waals surface area contributed by atoms with Gasteiger partial charge in [-0.1, -0.05) is 77.2 Å². The molecule has 7 rings (SSSR count). The lowest BCUT2D eigenvalue weighted by atomic mass is 9.85. The lowest BCUT2D eigenvalue weighted by Gasteiger charge is -2.43. The molecule has 1 aromatic heterocycles. The Balaban J connectivity index is 1.25. The summed E-state index contributed by atoms with van der Waals surface area (Å²) in [6, 6.07) is 22.8. The quantitative estimate of drug-likeness (QED) is 0.0909. The summed E-state index contributed by atoms with van der Waals surface area (Å²) in [5.41, 5.74) is -2.22. The smallest absolute Gasteiger partial charge is 0.408 e. The maximum atomic E-state index is 15.3. The molecule has 64 heavy (non-hydrogen) atoms. The number of alkyl halides is 1. The Morgan fingerprint density at radius 3 is 2.23 bits per heavy atom. The lowest BCUT2D eigenvalue weighted by molar-refractivity contribution is -0.147. The number of halogens is 1.